The fraction of sp³-hybridized carbons (Fsp3) is 0.0455. The second-order valence-corrected chi connectivity index (χ2v) is 8.30. The molecule has 0 atom stereocenters. The number of nitrogens with zero attached hydrogens (tertiary/aromatic N) is 7. The van der Waals surface area contributed by atoms with E-state index in [-0.39, 0.29) is 22.1 Å². The Balaban J connectivity index is 1.58. The molecule has 0 fully saturated rings. The van der Waals surface area contributed by atoms with Gasteiger partial charge in [0.15, 0.2) is 11.5 Å². The number of aryl methyl sites for hydroxylation is 1. The standard InChI is InChI=1S/C22H14Cl2N8O3/c1-12-7-19(28-22(33)16-9-14(24)5-6-18(16)32(34)35)31(29-12)21-17-10-27-30(20(17)25-11-26-21)15-4-2-3-13(23)8-15/h2-11H,1H3,(H,28,33). The fourth-order valence-electron chi connectivity index (χ4n) is 3.58. The zero-order valence-corrected chi connectivity index (χ0v) is 19.4. The average Bonchev–Trinajstić information content (AvgIpc) is 3.42. The lowest BCUT2D eigenvalue weighted by atomic mass is 10.1. The number of benzene rings is 2. The lowest BCUT2D eigenvalue weighted by Crippen LogP contribution is -2.17. The molecule has 13 heteroatoms. The Bertz CT molecular complexity index is 1630. The van der Waals surface area contributed by atoms with Crippen molar-refractivity contribution in [3.8, 4) is 11.5 Å². The number of aromatic nitrogens is 6. The van der Waals surface area contributed by atoms with Crippen LogP contribution in [0.5, 0.6) is 0 Å². The lowest BCUT2D eigenvalue weighted by molar-refractivity contribution is -0.385. The Morgan fingerprint density at radius 1 is 1.06 bits per heavy atom. The minimum absolute atomic E-state index is 0.186. The number of anilines is 1. The SMILES string of the molecule is Cc1cc(NC(=O)c2cc(Cl)ccc2[N+](=O)[O-])n(-c2ncnc3c2cnn3-c2cccc(Cl)c2)n1. The first-order valence-corrected chi connectivity index (χ1v) is 10.8. The highest BCUT2D eigenvalue weighted by Crippen LogP contribution is 2.27. The third-order valence-corrected chi connectivity index (χ3v) is 5.54. The van der Waals surface area contributed by atoms with E-state index >= 15 is 0 Å². The number of hydrogen-bond acceptors (Lipinski definition) is 7. The number of carbonyl (C=O) groups excluding carboxylic acids is 1. The first-order chi connectivity index (χ1) is 16.8. The highest BCUT2D eigenvalue weighted by atomic mass is 35.5. The quantitative estimate of drug-likeness (QED) is 0.266. The van der Waals surface area contributed by atoms with Gasteiger partial charge in [0.2, 0.25) is 0 Å². The van der Waals surface area contributed by atoms with Crippen molar-refractivity contribution < 1.29 is 9.72 Å². The van der Waals surface area contributed by atoms with Crippen LogP contribution in [0.15, 0.2) is 61.1 Å². The molecular formula is C22H14Cl2N8O3. The van der Waals surface area contributed by atoms with Crippen molar-refractivity contribution in [3.05, 3.63) is 92.5 Å². The van der Waals surface area contributed by atoms with Crippen LogP contribution in [0.2, 0.25) is 10.0 Å². The number of halogens is 2. The molecule has 0 bridgehead atoms. The minimum atomic E-state index is -0.722. The minimum Gasteiger partial charge on any atom is -0.306 e. The van der Waals surface area contributed by atoms with Crippen molar-refractivity contribution in [2.45, 2.75) is 6.92 Å². The molecular weight excluding hydrogens is 495 g/mol. The number of carbonyl (C=O) groups is 1. The number of hydrogen-bond donors (Lipinski definition) is 1. The van der Waals surface area contributed by atoms with E-state index in [1.54, 1.807) is 42.1 Å². The molecule has 1 amide bonds. The van der Waals surface area contributed by atoms with E-state index in [4.69, 9.17) is 23.2 Å². The molecule has 5 rings (SSSR count). The number of amides is 1. The van der Waals surface area contributed by atoms with Gasteiger partial charge in [0.25, 0.3) is 11.6 Å². The second-order valence-electron chi connectivity index (χ2n) is 7.43. The number of rotatable bonds is 5. The summed E-state index contributed by atoms with van der Waals surface area (Å²) in [7, 11) is 0. The largest absolute Gasteiger partial charge is 0.306 e. The molecule has 5 aromatic rings. The van der Waals surface area contributed by atoms with Crippen LogP contribution in [0.25, 0.3) is 22.5 Å². The zero-order valence-electron chi connectivity index (χ0n) is 17.9. The number of nitrogens with one attached hydrogen (secondary N) is 1. The van der Waals surface area contributed by atoms with E-state index in [9.17, 15) is 14.9 Å². The summed E-state index contributed by atoms with van der Waals surface area (Å²) in [4.78, 5) is 32.4. The summed E-state index contributed by atoms with van der Waals surface area (Å²) in [6.07, 6.45) is 2.93. The monoisotopic (exact) mass is 508 g/mol. The van der Waals surface area contributed by atoms with E-state index in [1.165, 1.54) is 29.2 Å². The number of nitro groups is 1. The van der Waals surface area contributed by atoms with Gasteiger partial charge in [-0.1, -0.05) is 29.3 Å². The second kappa shape index (κ2) is 8.78. The summed E-state index contributed by atoms with van der Waals surface area (Å²) >= 11 is 12.1. The third kappa shape index (κ3) is 4.18. The number of nitro benzene ring substituents is 1. The van der Waals surface area contributed by atoms with Crippen molar-refractivity contribution in [2.24, 2.45) is 0 Å². The third-order valence-electron chi connectivity index (χ3n) is 5.07. The Morgan fingerprint density at radius 3 is 2.63 bits per heavy atom. The summed E-state index contributed by atoms with van der Waals surface area (Å²) in [6.45, 7) is 1.74. The summed E-state index contributed by atoms with van der Waals surface area (Å²) in [5, 5.41) is 24.2. The summed E-state index contributed by atoms with van der Waals surface area (Å²) < 4.78 is 3.02. The Morgan fingerprint density at radius 2 is 1.86 bits per heavy atom. The zero-order chi connectivity index (χ0) is 24.7. The molecule has 3 aromatic heterocycles. The van der Waals surface area contributed by atoms with Crippen molar-refractivity contribution in [1.82, 2.24) is 29.5 Å². The lowest BCUT2D eigenvalue weighted by Gasteiger charge is -2.10. The van der Waals surface area contributed by atoms with Crippen LogP contribution < -0.4 is 5.32 Å². The van der Waals surface area contributed by atoms with Crippen molar-refractivity contribution in [3.63, 3.8) is 0 Å². The molecule has 174 valence electrons. The van der Waals surface area contributed by atoms with Gasteiger partial charge in [-0.15, -0.1) is 0 Å². The Kier molecular flexibility index (Phi) is 5.63. The average molecular weight is 509 g/mol. The molecule has 11 nitrogen and oxygen atoms in total. The molecule has 0 aliphatic carbocycles. The van der Waals surface area contributed by atoms with E-state index in [0.717, 1.165) is 0 Å². The predicted octanol–water partition coefficient (Wildman–Crippen LogP) is 4.78. The summed E-state index contributed by atoms with van der Waals surface area (Å²) in [5.41, 5.74) is 1.22. The van der Waals surface area contributed by atoms with Crippen LogP contribution in [0, 0.1) is 17.0 Å². The summed E-state index contributed by atoms with van der Waals surface area (Å²) in [6, 6.07) is 12.5. The summed E-state index contributed by atoms with van der Waals surface area (Å²) in [5.74, 6) is -0.121. The predicted molar refractivity (Wildman–Crippen MR) is 130 cm³/mol. The topological polar surface area (TPSA) is 134 Å². The highest BCUT2D eigenvalue weighted by Gasteiger charge is 2.23. The van der Waals surface area contributed by atoms with Crippen LogP contribution in [-0.2, 0) is 0 Å². The molecule has 35 heavy (non-hydrogen) atoms. The molecule has 2 aromatic carbocycles. The number of fused-ring (bicyclic) bond motifs is 1. The van der Waals surface area contributed by atoms with Gasteiger partial charge >= 0.3 is 0 Å². The van der Waals surface area contributed by atoms with E-state index in [1.807, 2.05) is 6.07 Å². The molecule has 0 aliphatic heterocycles. The van der Waals surface area contributed by atoms with Gasteiger partial charge in [0.1, 0.15) is 17.7 Å². The molecule has 0 spiro atoms. The van der Waals surface area contributed by atoms with Gasteiger partial charge in [0.05, 0.1) is 27.9 Å². The van der Waals surface area contributed by atoms with Crippen LogP contribution in [0.4, 0.5) is 11.5 Å². The first kappa shape index (κ1) is 22.4. The molecule has 1 N–H and O–H groups in total. The molecule has 0 saturated carbocycles. The molecule has 0 radical (unpaired) electrons. The van der Waals surface area contributed by atoms with Crippen LogP contribution >= 0.6 is 23.2 Å². The van der Waals surface area contributed by atoms with Gasteiger partial charge in [-0.25, -0.2) is 14.6 Å². The Hall–Kier alpha value is -4.35. The normalized spacial score (nSPS) is 11.1. The van der Waals surface area contributed by atoms with Gasteiger partial charge in [-0.2, -0.15) is 14.9 Å². The maximum absolute atomic E-state index is 13.0. The van der Waals surface area contributed by atoms with Crippen molar-refractivity contribution in [1.29, 1.82) is 0 Å². The van der Waals surface area contributed by atoms with Gasteiger partial charge in [-0.3, -0.25) is 14.9 Å². The van der Waals surface area contributed by atoms with Gasteiger partial charge in [0, 0.05) is 22.2 Å². The first-order valence-electron chi connectivity index (χ1n) is 10.1. The van der Waals surface area contributed by atoms with Gasteiger partial charge < -0.3 is 5.32 Å². The molecule has 3 heterocycles. The van der Waals surface area contributed by atoms with E-state index in [2.05, 4.69) is 25.5 Å². The maximum Gasteiger partial charge on any atom is 0.282 e. The van der Waals surface area contributed by atoms with Gasteiger partial charge in [-0.05, 0) is 37.3 Å². The Labute approximate surface area is 207 Å². The maximum atomic E-state index is 13.0. The van der Waals surface area contributed by atoms with Crippen molar-refractivity contribution >= 4 is 51.6 Å². The van der Waals surface area contributed by atoms with Crippen molar-refractivity contribution in [2.75, 3.05) is 5.32 Å². The fourth-order valence-corrected chi connectivity index (χ4v) is 3.94. The molecule has 0 saturated heterocycles. The molecule has 0 unspecified atom stereocenters. The molecule has 0 aliphatic rings. The van der Waals surface area contributed by atoms with Crippen LogP contribution in [0.3, 0.4) is 0 Å². The van der Waals surface area contributed by atoms with E-state index in [0.29, 0.717) is 33.3 Å². The smallest absolute Gasteiger partial charge is 0.282 e. The van der Waals surface area contributed by atoms with Crippen LogP contribution in [-0.4, -0.2) is 40.4 Å². The van der Waals surface area contributed by atoms with E-state index < -0.39 is 10.8 Å². The van der Waals surface area contributed by atoms with Crippen LogP contribution in [0.1, 0.15) is 16.1 Å². The highest BCUT2D eigenvalue weighted by molar-refractivity contribution is 6.31.